The molecule has 0 heterocycles. The summed E-state index contributed by atoms with van der Waals surface area (Å²) >= 11 is 3.72. The van der Waals surface area contributed by atoms with Crippen LogP contribution in [-0.2, 0) is 18.1 Å². The van der Waals surface area contributed by atoms with E-state index in [-0.39, 0.29) is 0 Å². The largest absolute Gasteiger partial charge is 0.302 e. The van der Waals surface area contributed by atoms with Crippen molar-refractivity contribution in [3.63, 3.8) is 0 Å². The molecule has 0 fully saturated rings. The summed E-state index contributed by atoms with van der Waals surface area (Å²) in [5, 5.41) is 3.24. The fourth-order valence-corrected chi connectivity index (χ4v) is 2.72. The second kappa shape index (κ2) is 8.52. The van der Waals surface area contributed by atoms with Gasteiger partial charge in [-0.3, -0.25) is 0 Å². The molecule has 1 aromatic rings. The van der Waals surface area contributed by atoms with E-state index >= 15 is 0 Å². The normalized spacial score (nSPS) is 10.2. The minimum Gasteiger partial charge on any atom is -0.302 e. The molecule has 17 heavy (non-hydrogen) atoms. The Hall–Kier alpha value is -0.560. The number of benzene rings is 1. The molecule has 0 saturated heterocycles. The molecule has 0 amide bonds. The average molecular weight is 265 g/mol. The monoisotopic (exact) mass is 265 g/mol. The van der Waals surface area contributed by atoms with Gasteiger partial charge in [-0.2, -0.15) is 23.5 Å². The Morgan fingerprint density at radius 1 is 1.06 bits per heavy atom. The second-order valence-electron chi connectivity index (χ2n) is 3.83. The van der Waals surface area contributed by atoms with E-state index in [1.165, 1.54) is 16.7 Å². The van der Waals surface area contributed by atoms with E-state index < -0.39 is 0 Å². The Morgan fingerprint density at radius 2 is 1.59 bits per heavy atom. The van der Waals surface area contributed by atoms with E-state index in [1.807, 2.05) is 23.5 Å². The first-order chi connectivity index (χ1) is 8.30. The molecule has 92 valence electrons. The summed E-state index contributed by atoms with van der Waals surface area (Å²) in [6, 6.07) is 6.84. The lowest BCUT2D eigenvalue weighted by Gasteiger charge is -2.09. The quantitative estimate of drug-likeness (QED) is 0.601. The van der Waals surface area contributed by atoms with Gasteiger partial charge in [0.15, 0.2) is 0 Å². The summed E-state index contributed by atoms with van der Waals surface area (Å²) in [5.74, 6) is 4.75. The number of terminal acetylenes is 1. The minimum absolute atomic E-state index is 0.630. The van der Waals surface area contributed by atoms with E-state index in [0.29, 0.717) is 6.54 Å². The van der Waals surface area contributed by atoms with E-state index in [0.717, 1.165) is 18.1 Å². The zero-order chi connectivity index (χ0) is 12.5. The van der Waals surface area contributed by atoms with Crippen molar-refractivity contribution in [2.75, 3.05) is 19.1 Å². The number of nitrogens with one attached hydrogen (secondary N) is 1. The van der Waals surface area contributed by atoms with Crippen molar-refractivity contribution in [1.82, 2.24) is 5.32 Å². The SMILES string of the molecule is C#CCNCc1cc(CSC)cc(CSC)c1. The Kier molecular flexibility index (Phi) is 7.27. The van der Waals surface area contributed by atoms with Crippen molar-refractivity contribution >= 4 is 23.5 Å². The maximum Gasteiger partial charge on any atom is 0.0576 e. The highest BCUT2D eigenvalue weighted by Crippen LogP contribution is 2.18. The fourth-order valence-electron chi connectivity index (χ4n) is 1.72. The third-order valence-corrected chi connectivity index (χ3v) is 3.53. The van der Waals surface area contributed by atoms with Crippen LogP contribution in [-0.4, -0.2) is 19.1 Å². The molecule has 0 bridgehead atoms. The van der Waals surface area contributed by atoms with Crippen LogP contribution >= 0.6 is 23.5 Å². The van der Waals surface area contributed by atoms with Gasteiger partial charge in [-0.1, -0.05) is 24.1 Å². The maximum absolute atomic E-state index is 5.23. The van der Waals surface area contributed by atoms with E-state index in [1.54, 1.807) is 0 Å². The molecule has 1 N–H and O–H groups in total. The van der Waals surface area contributed by atoms with Crippen LogP contribution in [0.25, 0.3) is 0 Å². The Labute approximate surface area is 113 Å². The van der Waals surface area contributed by atoms with Gasteiger partial charge in [-0.25, -0.2) is 0 Å². The molecular weight excluding hydrogens is 246 g/mol. The van der Waals surface area contributed by atoms with Gasteiger partial charge in [0.1, 0.15) is 0 Å². The summed E-state index contributed by atoms with van der Waals surface area (Å²) in [4.78, 5) is 0. The summed E-state index contributed by atoms with van der Waals surface area (Å²) in [6.07, 6.45) is 9.50. The van der Waals surface area contributed by atoms with E-state index in [4.69, 9.17) is 6.42 Å². The predicted octanol–water partition coefficient (Wildman–Crippen LogP) is 3.14. The van der Waals surface area contributed by atoms with Crippen LogP contribution in [0.15, 0.2) is 18.2 Å². The lowest BCUT2D eigenvalue weighted by molar-refractivity contribution is 0.769. The highest BCUT2D eigenvalue weighted by molar-refractivity contribution is 7.98. The summed E-state index contributed by atoms with van der Waals surface area (Å²) in [6.45, 7) is 1.48. The highest BCUT2D eigenvalue weighted by Gasteiger charge is 2.01. The van der Waals surface area contributed by atoms with Crippen molar-refractivity contribution in [2.24, 2.45) is 0 Å². The summed E-state index contributed by atoms with van der Waals surface area (Å²) < 4.78 is 0. The van der Waals surface area contributed by atoms with Crippen LogP contribution in [0.2, 0.25) is 0 Å². The molecule has 0 aromatic heterocycles. The fraction of sp³-hybridized carbons (Fsp3) is 0.429. The van der Waals surface area contributed by atoms with Crippen LogP contribution in [0.5, 0.6) is 0 Å². The minimum atomic E-state index is 0.630. The Balaban J connectivity index is 2.76. The lowest BCUT2D eigenvalue weighted by atomic mass is 10.1. The number of hydrogen-bond acceptors (Lipinski definition) is 3. The van der Waals surface area contributed by atoms with Gasteiger partial charge in [-0.15, -0.1) is 6.42 Å². The highest BCUT2D eigenvalue weighted by atomic mass is 32.2. The molecule has 0 atom stereocenters. The van der Waals surface area contributed by atoms with Gasteiger partial charge in [-0.05, 0) is 29.2 Å². The van der Waals surface area contributed by atoms with Gasteiger partial charge in [0.25, 0.3) is 0 Å². The molecule has 0 radical (unpaired) electrons. The van der Waals surface area contributed by atoms with Crippen molar-refractivity contribution < 1.29 is 0 Å². The number of thioether (sulfide) groups is 2. The molecule has 0 saturated carbocycles. The molecule has 3 heteroatoms. The van der Waals surface area contributed by atoms with Crippen LogP contribution in [0.1, 0.15) is 16.7 Å². The van der Waals surface area contributed by atoms with Crippen molar-refractivity contribution in [1.29, 1.82) is 0 Å². The molecule has 0 unspecified atom stereocenters. The van der Waals surface area contributed by atoms with Gasteiger partial charge < -0.3 is 5.32 Å². The first-order valence-electron chi connectivity index (χ1n) is 5.54. The third-order valence-electron chi connectivity index (χ3n) is 2.29. The zero-order valence-corrected chi connectivity index (χ0v) is 12.1. The molecule has 1 rings (SSSR count). The Morgan fingerprint density at radius 3 is 2.06 bits per heavy atom. The topological polar surface area (TPSA) is 12.0 Å². The predicted molar refractivity (Wildman–Crippen MR) is 81.4 cm³/mol. The number of hydrogen-bond donors (Lipinski definition) is 1. The molecule has 0 aliphatic heterocycles. The molecule has 1 nitrogen and oxygen atoms in total. The van der Waals surface area contributed by atoms with Crippen molar-refractivity contribution in [3.8, 4) is 12.3 Å². The van der Waals surface area contributed by atoms with Crippen molar-refractivity contribution in [3.05, 3.63) is 34.9 Å². The number of rotatable bonds is 7. The molecule has 1 aromatic carbocycles. The summed E-state index contributed by atoms with van der Waals surface area (Å²) in [5.41, 5.74) is 4.14. The van der Waals surface area contributed by atoms with Crippen LogP contribution in [0, 0.1) is 12.3 Å². The van der Waals surface area contributed by atoms with Crippen LogP contribution in [0.3, 0.4) is 0 Å². The smallest absolute Gasteiger partial charge is 0.0576 e. The van der Waals surface area contributed by atoms with Crippen LogP contribution in [0.4, 0.5) is 0 Å². The average Bonchev–Trinajstić information content (AvgIpc) is 2.30. The maximum atomic E-state index is 5.23. The van der Waals surface area contributed by atoms with Crippen molar-refractivity contribution in [2.45, 2.75) is 18.1 Å². The Bertz CT molecular complexity index is 358. The summed E-state index contributed by atoms with van der Waals surface area (Å²) in [7, 11) is 0. The molecule has 0 aliphatic carbocycles. The molecule has 0 aliphatic rings. The van der Waals surface area contributed by atoms with E-state index in [9.17, 15) is 0 Å². The van der Waals surface area contributed by atoms with Gasteiger partial charge in [0, 0.05) is 18.1 Å². The standard InChI is InChI=1S/C14H19NS2/c1-4-5-15-9-12-6-13(10-16-2)8-14(7-12)11-17-3/h1,6-8,15H,5,9-11H2,2-3H3. The molecular formula is C14H19NS2. The second-order valence-corrected chi connectivity index (χ2v) is 5.56. The first kappa shape index (κ1) is 14.5. The van der Waals surface area contributed by atoms with Gasteiger partial charge in [0.2, 0.25) is 0 Å². The lowest BCUT2D eigenvalue weighted by Crippen LogP contribution is -2.13. The van der Waals surface area contributed by atoms with Gasteiger partial charge >= 0.3 is 0 Å². The van der Waals surface area contributed by atoms with Gasteiger partial charge in [0.05, 0.1) is 6.54 Å². The third kappa shape index (κ3) is 5.54. The zero-order valence-electron chi connectivity index (χ0n) is 10.5. The van der Waals surface area contributed by atoms with Crippen LogP contribution < -0.4 is 5.32 Å². The molecule has 0 spiro atoms. The first-order valence-corrected chi connectivity index (χ1v) is 8.32. The van der Waals surface area contributed by atoms with E-state index in [2.05, 4.69) is 41.9 Å².